The summed E-state index contributed by atoms with van der Waals surface area (Å²) in [5.41, 5.74) is 7.50. The Morgan fingerprint density at radius 1 is 1.44 bits per heavy atom. The van der Waals surface area contributed by atoms with Gasteiger partial charge in [-0.2, -0.15) is 0 Å². The molecule has 3 N–H and O–H groups in total. The van der Waals surface area contributed by atoms with E-state index >= 15 is 0 Å². The number of fused-ring (bicyclic) bond motifs is 1. The molecule has 1 atom stereocenters. The average molecular weight is 244 g/mol. The van der Waals surface area contributed by atoms with Crippen molar-refractivity contribution in [2.24, 2.45) is 0 Å². The molecule has 0 aliphatic heterocycles. The zero-order valence-corrected chi connectivity index (χ0v) is 10.1. The van der Waals surface area contributed by atoms with Crippen LogP contribution in [0.3, 0.4) is 0 Å². The van der Waals surface area contributed by atoms with Crippen molar-refractivity contribution >= 4 is 5.69 Å². The number of pyridine rings is 1. The molecule has 18 heavy (non-hydrogen) atoms. The number of nitrogens with zero attached hydrogens (tertiary/aromatic N) is 1. The van der Waals surface area contributed by atoms with E-state index in [-0.39, 0.29) is 0 Å². The third-order valence-electron chi connectivity index (χ3n) is 3.67. The third-order valence-corrected chi connectivity index (χ3v) is 3.67. The molecule has 1 aliphatic carbocycles. The molecule has 1 unspecified atom stereocenters. The van der Waals surface area contributed by atoms with Gasteiger partial charge in [-0.1, -0.05) is 0 Å². The van der Waals surface area contributed by atoms with Crippen molar-refractivity contribution in [1.82, 2.24) is 4.98 Å². The second kappa shape index (κ2) is 4.14. The molecule has 4 heteroatoms. The van der Waals surface area contributed by atoms with Crippen molar-refractivity contribution in [3.63, 3.8) is 0 Å². The summed E-state index contributed by atoms with van der Waals surface area (Å²) in [6.45, 7) is 0. The Hall–Kier alpha value is -1.81. The molecule has 1 aliphatic rings. The van der Waals surface area contributed by atoms with E-state index in [1.54, 1.807) is 24.7 Å². The first-order valence-corrected chi connectivity index (χ1v) is 6.17. The summed E-state index contributed by atoms with van der Waals surface area (Å²) < 4.78 is 5.41. The molecule has 2 heterocycles. The van der Waals surface area contributed by atoms with Crippen LogP contribution < -0.4 is 5.73 Å². The fourth-order valence-corrected chi connectivity index (χ4v) is 2.71. The normalized spacial score (nSPS) is 22.7. The van der Waals surface area contributed by atoms with E-state index in [1.807, 2.05) is 6.07 Å². The molecule has 4 nitrogen and oxygen atoms in total. The number of hydrogen-bond acceptors (Lipinski definition) is 4. The van der Waals surface area contributed by atoms with Crippen LogP contribution >= 0.6 is 0 Å². The number of aryl methyl sites for hydroxylation is 1. The van der Waals surface area contributed by atoms with Gasteiger partial charge in [0.1, 0.15) is 5.76 Å². The molecular weight excluding hydrogens is 228 g/mol. The van der Waals surface area contributed by atoms with E-state index in [0.29, 0.717) is 12.1 Å². The summed E-state index contributed by atoms with van der Waals surface area (Å²) in [4.78, 5) is 4.07. The van der Waals surface area contributed by atoms with Gasteiger partial charge in [0, 0.05) is 36.5 Å². The summed E-state index contributed by atoms with van der Waals surface area (Å²) in [5.74, 6) is 0.895. The number of nitrogens with two attached hydrogens (primary N) is 1. The quantitative estimate of drug-likeness (QED) is 0.847. The van der Waals surface area contributed by atoms with Crippen molar-refractivity contribution in [3.8, 4) is 0 Å². The predicted molar refractivity (Wildman–Crippen MR) is 67.9 cm³/mol. The van der Waals surface area contributed by atoms with Crippen LogP contribution in [-0.2, 0) is 18.4 Å². The van der Waals surface area contributed by atoms with Gasteiger partial charge in [0.05, 0.1) is 11.9 Å². The SMILES string of the molecule is Nc1ccncc1CC1(O)CCCc2occc21. The van der Waals surface area contributed by atoms with Crippen molar-refractivity contribution in [3.05, 3.63) is 47.7 Å². The lowest BCUT2D eigenvalue weighted by atomic mass is 9.79. The molecule has 3 rings (SSSR count). The maximum atomic E-state index is 10.8. The highest BCUT2D eigenvalue weighted by molar-refractivity contribution is 5.46. The molecule has 0 spiro atoms. The van der Waals surface area contributed by atoms with Gasteiger partial charge in [-0.25, -0.2) is 0 Å². The Kier molecular flexibility index (Phi) is 2.59. The number of aromatic nitrogens is 1. The summed E-state index contributed by atoms with van der Waals surface area (Å²) >= 11 is 0. The zero-order chi connectivity index (χ0) is 12.6. The zero-order valence-electron chi connectivity index (χ0n) is 10.1. The van der Waals surface area contributed by atoms with Crippen LogP contribution in [-0.4, -0.2) is 10.1 Å². The third kappa shape index (κ3) is 1.78. The van der Waals surface area contributed by atoms with E-state index in [9.17, 15) is 5.11 Å². The summed E-state index contributed by atoms with van der Waals surface area (Å²) in [5, 5.41) is 10.8. The van der Waals surface area contributed by atoms with E-state index in [2.05, 4.69) is 4.98 Å². The molecule has 0 fully saturated rings. The summed E-state index contributed by atoms with van der Waals surface area (Å²) in [6, 6.07) is 3.62. The van der Waals surface area contributed by atoms with E-state index in [0.717, 1.165) is 36.1 Å². The van der Waals surface area contributed by atoms with Crippen LogP contribution in [0.2, 0.25) is 0 Å². The number of furan rings is 1. The van der Waals surface area contributed by atoms with Gasteiger partial charge >= 0.3 is 0 Å². The monoisotopic (exact) mass is 244 g/mol. The van der Waals surface area contributed by atoms with E-state index in [4.69, 9.17) is 10.2 Å². The van der Waals surface area contributed by atoms with Gasteiger partial charge in [0.25, 0.3) is 0 Å². The standard InChI is InChI=1S/C14H16N2O2/c15-12-3-6-16-9-10(12)8-14(17)5-1-2-13-11(14)4-7-18-13/h3-4,6-7,9,17H,1-2,5,8H2,(H2,15,16). The Bertz CT molecular complexity index is 564. The smallest absolute Gasteiger partial charge is 0.109 e. The molecule has 0 bridgehead atoms. The van der Waals surface area contributed by atoms with Crippen LogP contribution in [0, 0.1) is 0 Å². The largest absolute Gasteiger partial charge is 0.469 e. The van der Waals surface area contributed by atoms with E-state index < -0.39 is 5.60 Å². The van der Waals surface area contributed by atoms with Crippen molar-refractivity contribution in [2.45, 2.75) is 31.3 Å². The first-order chi connectivity index (χ1) is 8.69. The van der Waals surface area contributed by atoms with Crippen molar-refractivity contribution in [1.29, 1.82) is 0 Å². The summed E-state index contributed by atoms with van der Waals surface area (Å²) in [7, 11) is 0. The van der Waals surface area contributed by atoms with Crippen LogP contribution in [0.5, 0.6) is 0 Å². The summed E-state index contributed by atoms with van der Waals surface area (Å²) in [6.07, 6.45) is 8.07. The molecule has 2 aromatic heterocycles. The molecule has 0 aromatic carbocycles. The highest BCUT2D eigenvalue weighted by Gasteiger charge is 2.36. The number of hydrogen-bond donors (Lipinski definition) is 2. The molecule has 0 saturated carbocycles. The van der Waals surface area contributed by atoms with Crippen molar-refractivity contribution in [2.75, 3.05) is 5.73 Å². The fourth-order valence-electron chi connectivity index (χ4n) is 2.71. The Morgan fingerprint density at radius 3 is 3.17 bits per heavy atom. The predicted octanol–water partition coefficient (Wildman–Crippen LogP) is 2.02. The number of rotatable bonds is 2. The van der Waals surface area contributed by atoms with Gasteiger partial charge in [-0.15, -0.1) is 0 Å². The lowest BCUT2D eigenvalue weighted by Gasteiger charge is -2.32. The van der Waals surface area contributed by atoms with Crippen LogP contribution in [0.4, 0.5) is 5.69 Å². The average Bonchev–Trinajstić information content (AvgIpc) is 2.82. The van der Waals surface area contributed by atoms with Crippen molar-refractivity contribution < 1.29 is 9.52 Å². The molecule has 0 radical (unpaired) electrons. The van der Waals surface area contributed by atoms with Gasteiger partial charge in [0.2, 0.25) is 0 Å². The minimum atomic E-state index is -0.877. The number of nitrogen functional groups attached to an aromatic ring is 1. The lowest BCUT2D eigenvalue weighted by Crippen LogP contribution is -2.32. The first-order valence-electron chi connectivity index (χ1n) is 6.17. The molecule has 94 valence electrons. The van der Waals surface area contributed by atoms with Crippen LogP contribution in [0.25, 0.3) is 0 Å². The molecule has 0 saturated heterocycles. The minimum Gasteiger partial charge on any atom is -0.469 e. The van der Waals surface area contributed by atoms with Gasteiger partial charge in [0.15, 0.2) is 0 Å². The fraction of sp³-hybridized carbons (Fsp3) is 0.357. The maximum absolute atomic E-state index is 10.8. The van der Waals surface area contributed by atoms with Crippen LogP contribution in [0.1, 0.15) is 29.7 Å². The Morgan fingerprint density at radius 2 is 2.33 bits per heavy atom. The number of anilines is 1. The van der Waals surface area contributed by atoms with Crippen LogP contribution in [0.15, 0.2) is 35.2 Å². The first kappa shape index (κ1) is 11.3. The second-order valence-electron chi connectivity index (χ2n) is 4.89. The molecule has 2 aromatic rings. The lowest BCUT2D eigenvalue weighted by molar-refractivity contribution is 0.0169. The Balaban J connectivity index is 1.96. The highest BCUT2D eigenvalue weighted by Crippen LogP contribution is 2.39. The maximum Gasteiger partial charge on any atom is 0.109 e. The number of aliphatic hydroxyl groups is 1. The van der Waals surface area contributed by atoms with Gasteiger partial charge in [-0.3, -0.25) is 4.98 Å². The molecule has 0 amide bonds. The topological polar surface area (TPSA) is 72.3 Å². The second-order valence-corrected chi connectivity index (χ2v) is 4.89. The Labute approximate surface area is 105 Å². The highest BCUT2D eigenvalue weighted by atomic mass is 16.3. The van der Waals surface area contributed by atoms with Gasteiger partial charge < -0.3 is 15.3 Å². The molecular formula is C14H16N2O2. The minimum absolute atomic E-state index is 0.485. The van der Waals surface area contributed by atoms with E-state index in [1.165, 1.54) is 0 Å². The van der Waals surface area contributed by atoms with Gasteiger partial charge in [-0.05, 0) is 30.5 Å².